The average Bonchev–Trinajstić information content (AvgIpc) is 2.85. The van der Waals surface area contributed by atoms with E-state index in [4.69, 9.17) is 11.6 Å². The van der Waals surface area contributed by atoms with Crippen LogP contribution >= 0.6 is 11.6 Å². The zero-order valence-electron chi connectivity index (χ0n) is 21.1. The minimum Gasteiger partial charge on any atom is -0.351 e. The lowest BCUT2D eigenvalue weighted by Gasteiger charge is -2.32. The Morgan fingerprint density at radius 1 is 1.00 bits per heavy atom. The fourth-order valence-electron chi connectivity index (χ4n) is 4.71. The number of pyridine rings is 1. The van der Waals surface area contributed by atoms with Gasteiger partial charge in [-0.2, -0.15) is 0 Å². The molecule has 36 heavy (non-hydrogen) atoms. The van der Waals surface area contributed by atoms with Gasteiger partial charge in [-0.05, 0) is 88.9 Å². The Morgan fingerprint density at radius 2 is 1.69 bits per heavy atom. The highest BCUT2D eigenvalue weighted by Gasteiger charge is 2.23. The van der Waals surface area contributed by atoms with E-state index in [-0.39, 0.29) is 15.7 Å². The number of nitrogens with one attached hydrogen (secondary N) is 1. The molecule has 0 bridgehead atoms. The molecule has 0 aliphatic heterocycles. The number of halogens is 1. The summed E-state index contributed by atoms with van der Waals surface area (Å²) in [5.74, 6) is 0.505. The number of hydrogen-bond acceptors (Lipinski definition) is 7. The standard InChI is InChI=1S/C27H34ClN5O2S/c1-19-21(10-11-23(31-19)18-36(34,35)26-7-5-4-6-25(26)28)9-8-20-16-29-27(30-17-20)32-22-12-14-24(15-13-22)33(2)3/h4-7,10-11,16-17,22,24H,8-9,12-15,18H2,1-3H3,(H,29,30,32). The highest BCUT2D eigenvalue weighted by Crippen LogP contribution is 2.25. The number of rotatable bonds is 9. The molecule has 3 aromatic rings. The fraction of sp³-hybridized carbons (Fsp3) is 0.444. The molecule has 0 unspecified atom stereocenters. The third kappa shape index (κ3) is 6.81. The van der Waals surface area contributed by atoms with Gasteiger partial charge in [-0.3, -0.25) is 4.98 Å². The van der Waals surface area contributed by atoms with Crippen molar-refractivity contribution in [1.29, 1.82) is 0 Å². The Bertz CT molecular complexity index is 1270. The lowest BCUT2D eigenvalue weighted by atomic mass is 9.91. The topological polar surface area (TPSA) is 88.1 Å². The first-order valence-corrected chi connectivity index (χ1v) is 14.4. The van der Waals surface area contributed by atoms with Crippen molar-refractivity contribution >= 4 is 27.4 Å². The lowest BCUT2D eigenvalue weighted by molar-refractivity contribution is 0.221. The smallest absolute Gasteiger partial charge is 0.222 e. The van der Waals surface area contributed by atoms with Crippen molar-refractivity contribution < 1.29 is 8.42 Å². The molecule has 1 aliphatic rings. The van der Waals surface area contributed by atoms with E-state index in [1.54, 1.807) is 24.3 Å². The molecule has 1 fully saturated rings. The van der Waals surface area contributed by atoms with Crippen LogP contribution in [0.25, 0.3) is 0 Å². The van der Waals surface area contributed by atoms with Crippen LogP contribution in [0.2, 0.25) is 5.02 Å². The second kappa shape index (κ2) is 11.7. The number of nitrogens with zero attached hydrogens (tertiary/aromatic N) is 4. The van der Waals surface area contributed by atoms with Crippen LogP contribution in [0.3, 0.4) is 0 Å². The SMILES string of the molecule is Cc1nc(CS(=O)(=O)c2ccccc2Cl)ccc1CCc1cnc(NC2CCC(N(C)C)CC2)nc1. The molecular formula is C27H34ClN5O2S. The number of hydrogen-bond donors (Lipinski definition) is 1. The molecule has 192 valence electrons. The monoisotopic (exact) mass is 527 g/mol. The van der Waals surface area contributed by atoms with E-state index in [0.717, 1.165) is 42.5 Å². The maximum absolute atomic E-state index is 12.8. The summed E-state index contributed by atoms with van der Waals surface area (Å²) in [5, 5.41) is 3.71. The largest absolute Gasteiger partial charge is 0.351 e. The predicted octanol–water partition coefficient (Wildman–Crippen LogP) is 4.88. The highest BCUT2D eigenvalue weighted by molar-refractivity contribution is 7.90. The van der Waals surface area contributed by atoms with Gasteiger partial charge in [0.1, 0.15) is 0 Å². The molecule has 1 aromatic carbocycles. The van der Waals surface area contributed by atoms with Crippen LogP contribution in [-0.2, 0) is 28.4 Å². The average molecular weight is 528 g/mol. The van der Waals surface area contributed by atoms with Crippen LogP contribution in [0, 0.1) is 6.92 Å². The molecule has 4 rings (SSSR count). The normalized spacial score (nSPS) is 18.4. The summed E-state index contributed by atoms with van der Waals surface area (Å²) in [6, 6.07) is 11.3. The van der Waals surface area contributed by atoms with Crippen molar-refractivity contribution in [3.63, 3.8) is 0 Å². The molecule has 9 heteroatoms. The van der Waals surface area contributed by atoms with E-state index in [1.165, 1.54) is 18.9 Å². The van der Waals surface area contributed by atoms with Crippen LogP contribution in [0.1, 0.15) is 48.2 Å². The zero-order chi connectivity index (χ0) is 25.7. The maximum Gasteiger partial charge on any atom is 0.222 e. The summed E-state index contributed by atoms with van der Waals surface area (Å²) in [6.07, 6.45) is 9.99. The molecule has 1 aliphatic carbocycles. The summed E-state index contributed by atoms with van der Waals surface area (Å²) in [4.78, 5) is 16.1. The summed E-state index contributed by atoms with van der Waals surface area (Å²) >= 11 is 6.09. The van der Waals surface area contributed by atoms with E-state index in [1.807, 2.05) is 25.4 Å². The van der Waals surface area contributed by atoms with Crippen LogP contribution in [-0.4, -0.2) is 54.4 Å². The molecule has 1 N–H and O–H groups in total. The Hall–Kier alpha value is -2.55. The van der Waals surface area contributed by atoms with E-state index >= 15 is 0 Å². The quantitative estimate of drug-likeness (QED) is 0.424. The summed E-state index contributed by atoms with van der Waals surface area (Å²) in [5.41, 5.74) is 3.47. The highest BCUT2D eigenvalue weighted by atomic mass is 35.5. The summed E-state index contributed by atoms with van der Waals surface area (Å²) in [6.45, 7) is 1.91. The predicted molar refractivity (Wildman–Crippen MR) is 144 cm³/mol. The summed E-state index contributed by atoms with van der Waals surface area (Å²) in [7, 11) is 0.734. The number of aromatic nitrogens is 3. The van der Waals surface area contributed by atoms with E-state index in [9.17, 15) is 8.42 Å². The van der Waals surface area contributed by atoms with Gasteiger partial charge < -0.3 is 10.2 Å². The first-order chi connectivity index (χ1) is 17.2. The van der Waals surface area contributed by atoms with Crippen molar-refractivity contribution in [3.8, 4) is 0 Å². The number of aryl methyl sites for hydroxylation is 3. The molecule has 0 amide bonds. The van der Waals surface area contributed by atoms with Gasteiger partial charge in [0, 0.05) is 30.2 Å². The van der Waals surface area contributed by atoms with Gasteiger partial charge in [-0.1, -0.05) is 29.8 Å². The van der Waals surface area contributed by atoms with Gasteiger partial charge in [0.15, 0.2) is 9.84 Å². The number of anilines is 1. The minimum absolute atomic E-state index is 0.134. The first kappa shape index (κ1) is 26.5. The van der Waals surface area contributed by atoms with Gasteiger partial charge in [-0.25, -0.2) is 18.4 Å². The minimum atomic E-state index is -3.57. The van der Waals surface area contributed by atoms with Crippen LogP contribution in [0.5, 0.6) is 0 Å². The second-order valence-electron chi connectivity index (χ2n) is 9.76. The molecule has 1 saturated carbocycles. The molecule has 0 saturated heterocycles. The molecular weight excluding hydrogens is 494 g/mol. The first-order valence-electron chi connectivity index (χ1n) is 12.4. The second-order valence-corrected chi connectivity index (χ2v) is 12.1. The van der Waals surface area contributed by atoms with Crippen molar-refractivity contribution in [2.24, 2.45) is 0 Å². The molecule has 7 nitrogen and oxygen atoms in total. The molecule has 2 aromatic heterocycles. The Labute approximate surface area is 219 Å². The lowest BCUT2D eigenvalue weighted by Crippen LogP contribution is -2.36. The summed E-state index contributed by atoms with van der Waals surface area (Å²) < 4.78 is 25.6. The van der Waals surface area contributed by atoms with E-state index in [0.29, 0.717) is 23.7 Å². The Balaban J connectivity index is 1.31. The van der Waals surface area contributed by atoms with Gasteiger partial charge >= 0.3 is 0 Å². The molecule has 2 heterocycles. The van der Waals surface area contributed by atoms with Gasteiger partial charge in [0.05, 0.1) is 21.4 Å². The van der Waals surface area contributed by atoms with Gasteiger partial charge in [-0.15, -0.1) is 0 Å². The third-order valence-electron chi connectivity index (χ3n) is 6.91. The van der Waals surface area contributed by atoms with E-state index in [2.05, 4.69) is 39.3 Å². The number of benzene rings is 1. The van der Waals surface area contributed by atoms with Crippen LogP contribution in [0.4, 0.5) is 5.95 Å². The fourth-order valence-corrected chi connectivity index (χ4v) is 6.56. The Kier molecular flexibility index (Phi) is 8.59. The third-order valence-corrected chi connectivity index (χ3v) is 9.05. The van der Waals surface area contributed by atoms with Crippen molar-refractivity contribution in [1.82, 2.24) is 19.9 Å². The van der Waals surface area contributed by atoms with Crippen molar-refractivity contribution in [3.05, 3.63) is 76.3 Å². The molecule has 0 radical (unpaired) electrons. The molecule has 0 spiro atoms. The van der Waals surface area contributed by atoms with Crippen LogP contribution in [0.15, 0.2) is 53.7 Å². The van der Waals surface area contributed by atoms with Crippen molar-refractivity contribution in [2.75, 3.05) is 19.4 Å². The van der Waals surface area contributed by atoms with Gasteiger partial charge in [0.2, 0.25) is 5.95 Å². The zero-order valence-corrected chi connectivity index (χ0v) is 22.7. The van der Waals surface area contributed by atoms with E-state index < -0.39 is 9.84 Å². The molecule has 0 atom stereocenters. The Morgan fingerprint density at radius 3 is 2.33 bits per heavy atom. The number of sulfone groups is 1. The maximum atomic E-state index is 12.8. The van der Waals surface area contributed by atoms with Gasteiger partial charge in [0.25, 0.3) is 0 Å². The van der Waals surface area contributed by atoms with Crippen LogP contribution < -0.4 is 5.32 Å². The van der Waals surface area contributed by atoms with Crippen molar-refractivity contribution in [2.45, 2.75) is 68.2 Å².